The summed E-state index contributed by atoms with van der Waals surface area (Å²) in [6.45, 7) is 1.54. The Balaban J connectivity index is 1.64. The first kappa shape index (κ1) is 21.3. The van der Waals surface area contributed by atoms with Crippen molar-refractivity contribution in [2.75, 3.05) is 26.2 Å². The number of ether oxygens (including phenoxy) is 3. The van der Waals surface area contributed by atoms with Gasteiger partial charge in [-0.25, -0.2) is 0 Å². The molecule has 5 heteroatoms. The molecule has 0 spiro atoms. The number of aryl methyl sites for hydroxylation is 2. The molecule has 0 N–H and O–H groups in total. The van der Waals surface area contributed by atoms with Crippen LogP contribution in [0.2, 0.25) is 0 Å². The monoisotopic (exact) mass is 479 g/mol. The third kappa shape index (κ3) is 4.88. The van der Waals surface area contributed by atoms with Crippen molar-refractivity contribution in [2.24, 2.45) is 0 Å². The molecule has 0 bridgehead atoms. The Hall–Kier alpha value is -2.92. The van der Waals surface area contributed by atoms with Gasteiger partial charge in [-0.15, -0.1) is 0 Å². The summed E-state index contributed by atoms with van der Waals surface area (Å²) in [4.78, 5) is 0. The molecule has 3 aromatic carbocycles. The Morgan fingerprint density at radius 3 is 2.13 bits per heavy atom. The molecule has 0 atom stereocenters. The highest BCUT2D eigenvalue weighted by molar-refractivity contribution is 9.09. The highest BCUT2D eigenvalue weighted by Crippen LogP contribution is 2.32. The second-order valence-corrected chi connectivity index (χ2v) is 8.06. The van der Waals surface area contributed by atoms with Crippen LogP contribution in [0.4, 0.5) is 0 Å². The van der Waals surface area contributed by atoms with E-state index >= 15 is 0 Å². The van der Waals surface area contributed by atoms with Gasteiger partial charge in [-0.05, 0) is 78.2 Å². The van der Waals surface area contributed by atoms with E-state index in [1.807, 2.05) is 30.3 Å². The lowest BCUT2D eigenvalue weighted by atomic mass is 10.1. The summed E-state index contributed by atoms with van der Waals surface area (Å²) in [6.07, 6.45) is 0.928. The molecule has 0 aliphatic carbocycles. The number of alkyl halides is 1. The molecular weight excluding hydrogens is 454 g/mol. The normalized spacial score (nSPS) is 10.9. The lowest BCUT2D eigenvalue weighted by molar-refractivity contribution is 0.345. The van der Waals surface area contributed by atoms with Crippen molar-refractivity contribution in [2.45, 2.75) is 13.0 Å². The van der Waals surface area contributed by atoms with Crippen LogP contribution < -0.4 is 14.2 Å². The molecular formula is C26H26BrNO3. The highest BCUT2D eigenvalue weighted by Gasteiger charge is 2.12. The van der Waals surface area contributed by atoms with E-state index in [-0.39, 0.29) is 0 Å². The van der Waals surface area contributed by atoms with E-state index in [1.54, 1.807) is 14.2 Å². The first-order valence-corrected chi connectivity index (χ1v) is 11.4. The van der Waals surface area contributed by atoms with Gasteiger partial charge in [0.05, 0.1) is 20.8 Å². The quantitative estimate of drug-likeness (QED) is 0.262. The fourth-order valence-corrected chi connectivity index (χ4v) is 3.93. The van der Waals surface area contributed by atoms with Crippen LogP contribution in [-0.4, -0.2) is 30.7 Å². The van der Waals surface area contributed by atoms with Gasteiger partial charge in [0.25, 0.3) is 0 Å². The van der Waals surface area contributed by atoms with Crippen LogP contribution in [0.3, 0.4) is 0 Å². The Bertz CT molecular complexity index is 1130. The van der Waals surface area contributed by atoms with Crippen LogP contribution in [0, 0.1) is 0 Å². The van der Waals surface area contributed by atoms with Crippen LogP contribution >= 0.6 is 15.9 Å². The number of halogens is 1. The van der Waals surface area contributed by atoms with Gasteiger partial charge in [0, 0.05) is 28.5 Å². The van der Waals surface area contributed by atoms with Gasteiger partial charge in [-0.3, -0.25) is 0 Å². The molecule has 0 aliphatic rings. The highest BCUT2D eigenvalue weighted by atomic mass is 79.9. The minimum Gasteiger partial charge on any atom is -0.497 e. The maximum Gasteiger partial charge on any atom is 0.119 e. The summed E-state index contributed by atoms with van der Waals surface area (Å²) in [6, 6.07) is 25.1. The number of aromatic nitrogens is 1. The number of nitrogens with zero attached hydrogens (tertiary/aromatic N) is 1. The predicted octanol–water partition coefficient (Wildman–Crippen LogP) is 6.34. The van der Waals surface area contributed by atoms with Gasteiger partial charge in [0.1, 0.15) is 17.2 Å². The number of hydrogen-bond donors (Lipinski definition) is 0. The van der Waals surface area contributed by atoms with Crippen molar-refractivity contribution in [1.82, 2.24) is 4.57 Å². The molecule has 0 saturated carbocycles. The molecule has 0 radical (unpaired) electrons. The lowest BCUT2D eigenvalue weighted by Crippen LogP contribution is -2.03. The average molecular weight is 480 g/mol. The van der Waals surface area contributed by atoms with E-state index in [9.17, 15) is 0 Å². The fraction of sp³-hybridized carbons (Fsp3) is 0.231. The van der Waals surface area contributed by atoms with Gasteiger partial charge >= 0.3 is 0 Å². The van der Waals surface area contributed by atoms with E-state index in [4.69, 9.17) is 14.2 Å². The number of benzene rings is 3. The van der Waals surface area contributed by atoms with E-state index in [0.717, 1.165) is 41.1 Å². The maximum absolute atomic E-state index is 5.66. The second-order valence-electron chi connectivity index (χ2n) is 7.27. The third-order valence-corrected chi connectivity index (χ3v) is 5.71. The van der Waals surface area contributed by atoms with Gasteiger partial charge < -0.3 is 18.8 Å². The third-order valence-electron chi connectivity index (χ3n) is 5.39. The van der Waals surface area contributed by atoms with Gasteiger partial charge in [0.15, 0.2) is 0 Å². The fourth-order valence-electron chi connectivity index (χ4n) is 3.77. The van der Waals surface area contributed by atoms with Crippen LogP contribution in [0.1, 0.15) is 5.56 Å². The molecule has 0 aliphatic heterocycles. The predicted molar refractivity (Wildman–Crippen MR) is 130 cm³/mol. The molecule has 160 valence electrons. The largest absolute Gasteiger partial charge is 0.497 e. The summed E-state index contributed by atoms with van der Waals surface area (Å²) < 4.78 is 18.8. The van der Waals surface area contributed by atoms with Crippen molar-refractivity contribution in [1.29, 1.82) is 0 Å². The molecule has 1 heterocycles. The number of methoxy groups -OCH3 is 2. The first-order valence-electron chi connectivity index (χ1n) is 10.3. The van der Waals surface area contributed by atoms with Crippen LogP contribution in [0.25, 0.3) is 22.2 Å². The smallest absolute Gasteiger partial charge is 0.119 e. The summed E-state index contributed by atoms with van der Waals surface area (Å²) in [5, 5.41) is 2.00. The van der Waals surface area contributed by atoms with Crippen molar-refractivity contribution < 1.29 is 14.2 Å². The number of hydrogen-bond acceptors (Lipinski definition) is 3. The van der Waals surface area contributed by atoms with Crippen LogP contribution in [0.5, 0.6) is 17.2 Å². The zero-order chi connectivity index (χ0) is 21.6. The summed E-state index contributed by atoms with van der Waals surface area (Å²) in [7, 11) is 3.39. The number of fused-ring (bicyclic) bond motifs is 1. The van der Waals surface area contributed by atoms with Crippen LogP contribution in [0.15, 0.2) is 72.8 Å². The standard InChI is InChI=1S/C26H26BrNO3/c1-29-22-9-5-20(6-10-22)26-18-21-17-24(30-2)11-12-25(21)28(26)15-13-19-3-7-23(8-4-19)31-16-14-27/h3-12,17-18H,13-16H2,1-2H3. The number of rotatable bonds is 9. The average Bonchev–Trinajstić information content (AvgIpc) is 3.19. The molecule has 0 unspecified atom stereocenters. The minimum atomic E-state index is 0.670. The molecule has 4 nitrogen and oxygen atoms in total. The van der Waals surface area contributed by atoms with Crippen LogP contribution in [-0.2, 0) is 13.0 Å². The van der Waals surface area contributed by atoms with Gasteiger partial charge in [-0.1, -0.05) is 28.1 Å². The Morgan fingerprint density at radius 1 is 0.774 bits per heavy atom. The van der Waals surface area contributed by atoms with Crippen molar-refractivity contribution >= 4 is 26.8 Å². The first-order chi connectivity index (χ1) is 15.2. The molecule has 4 aromatic rings. The van der Waals surface area contributed by atoms with Gasteiger partial charge in [-0.2, -0.15) is 0 Å². The molecule has 4 rings (SSSR count). The zero-order valence-corrected chi connectivity index (χ0v) is 19.4. The molecule has 0 saturated heterocycles. The zero-order valence-electron chi connectivity index (χ0n) is 17.8. The van der Waals surface area contributed by atoms with Crippen molar-refractivity contribution in [3.63, 3.8) is 0 Å². The summed E-state index contributed by atoms with van der Waals surface area (Å²) in [5.41, 5.74) is 4.82. The van der Waals surface area contributed by atoms with E-state index < -0.39 is 0 Å². The molecule has 31 heavy (non-hydrogen) atoms. The molecule has 0 fully saturated rings. The van der Waals surface area contributed by atoms with Gasteiger partial charge in [0.2, 0.25) is 0 Å². The maximum atomic E-state index is 5.66. The molecule has 0 amide bonds. The Labute approximate surface area is 191 Å². The van der Waals surface area contributed by atoms with Crippen molar-refractivity contribution in [3.05, 3.63) is 78.4 Å². The Kier molecular flexibility index (Phi) is 6.82. The van der Waals surface area contributed by atoms with Crippen molar-refractivity contribution in [3.8, 4) is 28.5 Å². The minimum absolute atomic E-state index is 0.670. The summed E-state index contributed by atoms with van der Waals surface area (Å²) in [5.74, 6) is 2.63. The SMILES string of the molecule is COc1ccc(-c2cc3cc(OC)ccc3n2CCc2ccc(OCCBr)cc2)cc1. The van der Waals surface area contributed by atoms with E-state index in [2.05, 4.69) is 63.0 Å². The second kappa shape index (κ2) is 9.92. The topological polar surface area (TPSA) is 32.6 Å². The lowest BCUT2D eigenvalue weighted by Gasteiger charge is -2.12. The molecule has 1 aromatic heterocycles. The Morgan fingerprint density at radius 2 is 1.45 bits per heavy atom. The summed E-state index contributed by atoms with van der Waals surface area (Å²) >= 11 is 3.39. The van der Waals surface area contributed by atoms with E-state index in [1.165, 1.54) is 22.2 Å². The van der Waals surface area contributed by atoms with E-state index in [0.29, 0.717) is 6.61 Å².